The molecule has 0 spiro atoms. The fraction of sp³-hybridized carbons (Fsp3) is 0.462. The molecule has 1 N–H and O–H groups in total. The standard InChI is InChI=1S/C13H18N2O2/c1-3-6-15-7-8-17-13-9-12(16-2)5-4-11(13)10-14/h4-5,9,15H,3,6-8H2,1-2H3. The van der Waals surface area contributed by atoms with Crippen LogP contribution in [0.2, 0.25) is 0 Å². The second kappa shape index (κ2) is 7.53. The molecule has 0 aliphatic heterocycles. The van der Waals surface area contributed by atoms with Crippen LogP contribution in [0.5, 0.6) is 11.5 Å². The molecule has 1 aromatic carbocycles. The van der Waals surface area contributed by atoms with Crippen molar-refractivity contribution in [2.75, 3.05) is 26.8 Å². The van der Waals surface area contributed by atoms with Gasteiger partial charge in [-0.1, -0.05) is 6.92 Å². The van der Waals surface area contributed by atoms with Crippen LogP contribution in [0.3, 0.4) is 0 Å². The molecule has 0 radical (unpaired) electrons. The largest absolute Gasteiger partial charge is 0.497 e. The number of nitrogens with zero attached hydrogens (tertiary/aromatic N) is 1. The summed E-state index contributed by atoms with van der Waals surface area (Å²) in [7, 11) is 1.59. The normalized spacial score (nSPS) is 9.71. The molecular weight excluding hydrogens is 216 g/mol. The molecule has 1 aromatic rings. The molecular formula is C13H18N2O2. The zero-order valence-corrected chi connectivity index (χ0v) is 10.3. The Balaban J connectivity index is 2.53. The minimum atomic E-state index is 0.529. The summed E-state index contributed by atoms with van der Waals surface area (Å²) in [6, 6.07) is 7.29. The molecule has 0 aliphatic carbocycles. The van der Waals surface area contributed by atoms with Gasteiger partial charge in [-0.15, -0.1) is 0 Å². The molecule has 0 heterocycles. The monoisotopic (exact) mass is 234 g/mol. The first-order valence-corrected chi connectivity index (χ1v) is 5.73. The lowest BCUT2D eigenvalue weighted by atomic mass is 10.2. The van der Waals surface area contributed by atoms with Gasteiger partial charge < -0.3 is 14.8 Å². The van der Waals surface area contributed by atoms with Gasteiger partial charge in [0.25, 0.3) is 0 Å². The summed E-state index contributed by atoms with van der Waals surface area (Å²) in [5.41, 5.74) is 0.529. The van der Waals surface area contributed by atoms with E-state index in [0.29, 0.717) is 23.7 Å². The van der Waals surface area contributed by atoms with E-state index < -0.39 is 0 Å². The van der Waals surface area contributed by atoms with Crippen molar-refractivity contribution in [3.8, 4) is 17.6 Å². The predicted octanol–water partition coefficient (Wildman–Crippen LogP) is 1.95. The van der Waals surface area contributed by atoms with Crippen LogP contribution in [0.4, 0.5) is 0 Å². The van der Waals surface area contributed by atoms with Crippen LogP contribution in [-0.4, -0.2) is 26.8 Å². The second-order valence-electron chi connectivity index (χ2n) is 3.57. The maximum atomic E-state index is 8.94. The molecule has 0 aromatic heterocycles. The third kappa shape index (κ3) is 4.33. The zero-order chi connectivity index (χ0) is 12.5. The van der Waals surface area contributed by atoms with Crippen LogP contribution in [0.15, 0.2) is 18.2 Å². The number of hydrogen-bond acceptors (Lipinski definition) is 4. The highest BCUT2D eigenvalue weighted by Crippen LogP contribution is 2.23. The van der Waals surface area contributed by atoms with Gasteiger partial charge in [0.15, 0.2) is 0 Å². The second-order valence-corrected chi connectivity index (χ2v) is 3.57. The fourth-order valence-corrected chi connectivity index (χ4v) is 1.38. The van der Waals surface area contributed by atoms with E-state index in [4.69, 9.17) is 14.7 Å². The van der Waals surface area contributed by atoms with Crippen LogP contribution in [0.25, 0.3) is 0 Å². The van der Waals surface area contributed by atoms with E-state index in [9.17, 15) is 0 Å². The number of ether oxygens (including phenoxy) is 2. The van der Waals surface area contributed by atoms with Gasteiger partial charge in [-0.05, 0) is 25.1 Å². The Morgan fingerprint density at radius 1 is 1.35 bits per heavy atom. The Morgan fingerprint density at radius 2 is 2.18 bits per heavy atom. The van der Waals surface area contributed by atoms with Crippen LogP contribution in [-0.2, 0) is 0 Å². The number of nitriles is 1. The maximum absolute atomic E-state index is 8.94. The topological polar surface area (TPSA) is 54.3 Å². The zero-order valence-electron chi connectivity index (χ0n) is 10.3. The van der Waals surface area contributed by atoms with Crippen LogP contribution >= 0.6 is 0 Å². The first-order valence-electron chi connectivity index (χ1n) is 5.73. The molecule has 0 bridgehead atoms. The van der Waals surface area contributed by atoms with Crippen molar-refractivity contribution >= 4 is 0 Å². The molecule has 1 rings (SSSR count). The number of nitrogens with one attached hydrogen (secondary N) is 1. The van der Waals surface area contributed by atoms with Crippen molar-refractivity contribution in [2.45, 2.75) is 13.3 Å². The van der Waals surface area contributed by atoms with Gasteiger partial charge in [0.05, 0.1) is 12.7 Å². The van der Waals surface area contributed by atoms with E-state index in [1.165, 1.54) is 0 Å². The van der Waals surface area contributed by atoms with Crippen molar-refractivity contribution < 1.29 is 9.47 Å². The van der Waals surface area contributed by atoms with Gasteiger partial charge in [-0.2, -0.15) is 5.26 Å². The predicted molar refractivity (Wildman–Crippen MR) is 66.4 cm³/mol. The Kier molecular flexibility index (Phi) is 5.91. The third-order valence-corrected chi connectivity index (χ3v) is 2.27. The maximum Gasteiger partial charge on any atom is 0.140 e. The van der Waals surface area contributed by atoms with Crippen LogP contribution < -0.4 is 14.8 Å². The van der Waals surface area contributed by atoms with E-state index in [2.05, 4.69) is 18.3 Å². The first-order chi connectivity index (χ1) is 8.31. The van der Waals surface area contributed by atoms with Crippen molar-refractivity contribution in [2.24, 2.45) is 0 Å². The lowest BCUT2D eigenvalue weighted by Crippen LogP contribution is -2.21. The van der Waals surface area contributed by atoms with E-state index >= 15 is 0 Å². The van der Waals surface area contributed by atoms with E-state index in [0.717, 1.165) is 19.5 Å². The molecule has 0 fully saturated rings. The summed E-state index contributed by atoms with van der Waals surface area (Å²) in [6.45, 7) is 4.41. The number of benzene rings is 1. The average Bonchev–Trinajstić information content (AvgIpc) is 2.38. The molecule has 4 heteroatoms. The minimum absolute atomic E-state index is 0.529. The van der Waals surface area contributed by atoms with E-state index in [1.54, 1.807) is 25.3 Å². The van der Waals surface area contributed by atoms with Gasteiger partial charge in [-0.3, -0.25) is 0 Å². The molecule has 92 valence electrons. The van der Waals surface area contributed by atoms with E-state index in [1.807, 2.05) is 0 Å². The van der Waals surface area contributed by atoms with Gasteiger partial charge in [0, 0.05) is 12.6 Å². The molecule has 0 amide bonds. The van der Waals surface area contributed by atoms with Gasteiger partial charge >= 0.3 is 0 Å². The minimum Gasteiger partial charge on any atom is -0.497 e. The fourth-order valence-electron chi connectivity index (χ4n) is 1.38. The molecule has 0 saturated carbocycles. The highest BCUT2D eigenvalue weighted by molar-refractivity contribution is 5.47. The molecule has 0 unspecified atom stereocenters. The van der Waals surface area contributed by atoms with Crippen LogP contribution in [0.1, 0.15) is 18.9 Å². The lowest BCUT2D eigenvalue weighted by molar-refractivity contribution is 0.311. The van der Waals surface area contributed by atoms with Crippen molar-refractivity contribution in [3.63, 3.8) is 0 Å². The molecule has 0 atom stereocenters. The Morgan fingerprint density at radius 3 is 2.82 bits per heavy atom. The highest BCUT2D eigenvalue weighted by Gasteiger charge is 2.04. The van der Waals surface area contributed by atoms with Crippen molar-refractivity contribution in [1.82, 2.24) is 5.32 Å². The van der Waals surface area contributed by atoms with Gasteiger partial charge in [0.1, 0.15) is 24.2 Å². The van der Waals surface area contributed by atoms with Crippen LogP contribution in [0, 0.1) is 11.3 Å². The Labute approximate surface area is 102 Å². The molecule has 4 nitrogen and oxygen atoms in total. The number of methoxy groups -OCH3 is 1. The summed E-state index contributed by atoms with van der Waals surface area (Å²) in [5.74, 6) is 1.27. The van der Waals surface area contributed by atoms with Gasteiger partial charge in [0.2, 0.25) is 0 Å². The summed E-state index contributed by atoms with van der Waals surface area (Å²) in [4.78, 5) is 0. The van der Waals surface area contributed by atoms with Crippen molar-refractivity contribution in [1.29, 1.82) is 5.26 Å². The van der Waals surface area contributed by atoms with Crippen molar-refractivity contribution in [3.05, 3.63) is 23.8 Å². The average molecular weight is 234 g/mol. The number of hydrogen-bond donors (Lipinski definition) is 1. The summed E-state index contributed by atoms with van der Waals surface area (Å²) in [6.07, 6.45) is 1.10. The molecule has 0 saturated heterocycles. The van der Waals surface area contributed by atoms with Gasteiger partial charge in [-0.25, -0.2) is 0 Å². The number of rotatable bonds is 7. The molecule has 0 aliphatic rings. The SMILES string of the molecule is CCCNCCOc1cc(OC)ccc1C#N. The third-order valence-electron chi connectivity index (χ3n) is 2.27. The lowest BCUT2D eigenvalue weighted by Gasteiger charge is -2.09. The summed E-state index contributed by atoms with van der Waals surface area (Å²) < 4.78 is 10.6. The summed E-state index contributed by atoms with van der Waals surface area (Å²) >= 11 is 0. The molecule has 17 heavy (non-hydrogen) atoms. The van der Waals surface area contributed by atoms with E-state index in [-0.39, 0.29) is 0 Å². The Bertz CT molecular complexity index is 385. The highest BCUT2D eigenvalue weighted by atomic mass is 16.5. The smallest absolute Gasteiger partial charge is 0.140 e. The first kappa shape index (κ1) is 13.3. The Hall–Kier alpha value is -1.73. The quantitative estimate of drug-likeness (QED) is 0.733. The summed E-state index contributed by atoms with van der Waals surface area (Å²) in [5, 5.41) is 12.2.